The maximum absolute atomic E-state index is 13.7. The molecule has 0 saturated carbocycles. The summed E-state index contributed by atoms with van der Waals surface area (Å²) in [6, 6.07) is 23.5. The van der Waals surface area contributed by atoms with Gasteiger partial charge >= 0.3 is 0 Å². The van der Waals surface area contributed by atoms with Gasteiger partial charge < -0.3 is 9.64 Å². The van der Waals surface area contributed by atoms with Crippen LogP contribution in [0.5, 0.6) is 5.75 Å². The van der Waals surface area contributed by atoms with Crippen LogP contribution in [0.15, 0.2) is 98.7 Å². The molecule has 2 heterocycles. The lowest BCUT2D eigenvalue weighted by molar-refractivity contribution is -0.122. The van der Waals surface area contributed by atoms with Crippen molar-refractivity contribution >= 4 is 63.1 Å². The predicted octanol–water partition coefficient (Wildman–Crippen LogP) is 7.82. The van der Waals surface area contributed by atoms with Crippen molar-refractivity contribution in [2.45, 2.75) is 18.7 Å². The fraction of sp³-hybridized carbons (Fsp3) is 0.172. The molecule has 3 aromatic rings. The molecule has 0 unspecified atom stereocenters. The van der Waals surface area contributed by atoms with Gasteiger partial charge in [0.15, 0.2) is 5.17 Å². The highest BCUT2D eigenvalue weighted by Crippen LogP contribution is 2.49. The van der Waals surface area contributed by atoms with Gasteiger partial charge in [-0.1, -0.05) is 53.7 Å². The number of fused-ring (bicyclic) bond motifs is 1. The van der Waals surface area contributed by atoms with Crippen LogP contribution in [-0.2, 0) is 4.79 Å². The number of methoxy groups -OCH3 is 1. The van der Waals surface area contributed by atoms with Crippen molar-refractivity contribution in [3.8, 4) is 5.75 Å². The largest absolute Gasteiger partial charge is 0.497 e. The van der Waals surface area contributed by atoms with E-state index in [2.05, 4.69) is 30.0 Å². The van der Waals surface area contributed by atoms with Crippen molar-refractivity contribution in [3.63, 3.8) is 0 Å². The summed E-state index contributed by atoms with van der Waals surface area (Å²) in [5.41, 5.74) is 3.77. The first-order valence-corrected chi connectivity index (χ1v) is 14.0. The Morgan fingerprint density at radius 1 is 0.973 bits per heavy atom. The highest BCUT2D eigenvalue weighted by molar-refractivity contribution is 8.18. The normalized spacial score (nSPS) is 18.6. The number of amides is 1. The number of likely N-dealkylation sites (N-methyl/N-ethyl adjacent to an activating group) is 1. The monoisotopic (exact) mass is 547 g/mol. The zero-order valence-corrected chi connectivity index (χ0v) is 23.2. The number of rotatable bonds is 6. The molecule has 0 bridgehead atoms. The van der Waals surface area contributed by atoms with Crippen LogP contribution in [-0.4, -0.2) is 36.2 Å². The van der Waals surface area contributed by atoms with Crippen LogP contribution >= 0.6 is 35.1 Å². The van der Waals surface area contributed by atoms with Gasteiger partial charge in [0.25, 0.3) is 5.91 Å². The molecule has 0 aliphatic carbocycles. The van der Waals surface area contributed by atoms with Crippen molar-refractivity contribution in [2.24, 2.45) is 4.99 Å². The van der Waals surface area contributed by atoms with Gasteiger partial charge in [-0.3, -0.25) is 9.69 Å². The summed E-state index contributed by atoms with van der Waals surface area (Å²) >= 11 is 9.16. The molecule has 0 spiro atoms. The second-order valence-electron chi connectivity index (χ2n) is 8.29. The summed E-state index contributed by atoms with van der Waals surface area (Å²) in [6.45, 7) is 5.44. The number of carbonyl (C=O) groups is 1. The minimum Gasteiger partial charge on any atom is -0.497 e. The number of hydrogen-bond donors (Lipinski definition) is 0. The molecule has 3 aromatic carbocycles. The number of halogens is 1. The summed E-state index contributed by atoms with van der Waals surface area (Å²) < 4.78 is 5.45. The summed E-state index contributed by atoms with van der Waals surface area (Å²) in [4.78, 5) is 24.3. The van der Waals surface area contributed by atoms with Gasteiger partial charge in [-0.05, 0) is 79.7 Å². The molecule has 0 atom stereocenters. The molecule has 8 heteroatoms. The van der Waals surface area contributed by atoms with Crippen molar-refractivity contribution in [2.75, 3.05) is 25.1 Å². The van der Waals surface area contributed by atoms with Crippen LogP contribution in [0.3, 0.4) is 0 Å². The molecule has 2 aliphatic heterocycles. The Morgan fingerprint density at radius 2 is 1.70 bits per heavy atom. The number of allylic oxidation sites excluding steroid dienone is 2. The third kappa shape index (κ3) is 5.17. The molecule has 37 heavy (non-hydrogen) atoms. The summed E-state index contributed by atoms with van der Waals surface area (Å²) in [5.74, 6) is 0.787. The summed E-state index contributed by atoms with van der Waals surface area (Å²) in [5, 5.41) is 2.38. The highest BCUT2D eigenvalue weighted by Gasteiger charge is 2.35. The van der Waals surface area contributed by atoms with Gasteiger partial charge in [0.05, 0.1) is 28.4 Å². The number of hydrogen-bond acceptors (Lipinski definition) is 6. The van der Waals surface area contributed by atoms with Crippen molar-refractivity contribution in [1.29, 1.82) is 0 Å². The average molecular weight is 548 g/mol. The van der Waals surface area contributed by atoms with E-state index in [1.54, 1.807) is 35.9 Å². The predicted molar refractivity (Wildman–Crippen MR) is 157 cm³/mol. The van der Waals surface area contributed by atoms with E-state index in [0.29, 0.717) is 21.6 Å². The van der Waals surface area contributed by atoms with E-state index in [-0.39, 0.29) is 5.91 Å². The number of thioether (sulfide) groups is 2. The van der Waals surface area contributed by atoms with E-state index in [1.165, 1.54) is 11.8 Å². The number of amidine groups is 1. The molecule has 0 radical (unpaired) electrons. The maximum atomic E-state index is 13.7. The number of nitrogens with zero attached hydrogens (tertiary/aromatic N) is 3. The van der Waals surface area contributed by atoms with E-state index in [9.17, 15) is 4.79 Å². The zero-order valence-electron chi connectivity index (χ0n) is 20.8. The molecule has 0 N–H and O–H groups in total. The third-order valence-corrected chi connectivity index (χ3v) is 8.52. The van der Waals surface area contributed by atoms with Crippen LogP contribution in [0, 0.1) is 0 Å². The molecule has 188 valence electrons. The molecule has 1 amide bonds. The lowest BCUT2D eigenvalue weighted by atomic mass is 10.0. The first-order valence-electron chi connectivity index (χ1n) is 12.0. The van der Waals surface area contributed by atoms with Gasteiger partial charge in [-0.15, -0.1) is 0 Å². The Hall–Kier alpha value is -3.13. The standard InChI is InChI=1S/C29H26ClN3O2S2/c1-4-32-24-16-15-22(35-3)17-25(24)36-26(32)18-23(19-9-7-6-8-10-19)27-28(34)33(5-2)29(37-27)31-21-13-11-20(30)12-14-21/h6-18H,4-5H2,1-3H3/b26-18-,27-23-,31-29?. The second kappa shape index (κ2) is 11.1. The average Bonchev–Trinajstić information content (AvgIpc) is 3.43. The van der Waals surface area contributed by atoms with Crippen LogP contribution in [0.25, 0.3) is 5.57 Å². The van der Waals surface area contributed by atoms with Crippen molar-refractivity contribution in [3.05, 3.63) is 99.4 Å². The number of carbonyl (C=O) groups excluding carboxylic acids is 1. The van der Waals surface area contributed by atoms with Gasteiger partial charge in [-0.2, -0.15) is 0 Å². The van der Waals surface area contributed by atoms with Crippen LogP contribution in [0.4, 0.5) is 11.4 Å². The van der Waals surface area contributed by atoms with E-state index in [1.807, 2.05) is 55.5 Å². The molecule has 0 aromatic heterocycles. The van der Waals surface area contributed by atoms with E-state index in [0.717, 1.165) is 44.7 Å². The Morgan fingerprint density at radius 3 is 2.38 bits per heavy atom. The van der Waals surface area contributed by atoms with Crippen molar-refractivity contribution in [1.82, 2.24) is 4.90 Å². The Kier molecular flexibility index (Phi) is 7.65. The molecule has 1 fully saturated rings. The van der Waals surface area contributed by atoms with Crippen LogP contribution in [0.2, 0.25) is 5.02 Å². The van der Waals surface area contributed by atoms with Gasteiger partial charge in [0, 0.05) is 28.6 Å². The van der Waals surface area contributed by atoms with Crippen LogP contribution < -0.4 is 9.64 Å². The Balaban J connectivity index is 1.61. The number of anilines is 1. The number of ether oxygens (including phenoxy) is 1. The smallest absolute Gasteiger partial charge is 0.267 e. The highest BCUT2D eigenvalue weighted by atomic mass is 35.5. The van der Waals surface area contributed by atoms with E-state index >= 15 is 0 Å². The first kappa shape index (κ1) is 25.5. The number of benzene rings is 3. The molecule has 1 saturated heterocycles. The van der Waals surface area contributed by atoms with Gasteiger partial charge in [0.2, 0.25) is 0 Å². The second-order valence-corrected chi connectivity index (χ2v) is 10.8. The Labute approximate surface area is 230 Å². The zero-order chi connectivity index (χ0) is 25.9. The van der Waals surface area contributed by atoms with E-state index < -0.39 is 0 Å². The quantitative estimate of drug-likeness (QED) is 0.294. The van der Waals surface area contributed by atoms with E-state index in [4.69, 9.17) is 21.3 Å². The molecule has 5 nitrogen and oxygen atoms in total. The SMILES string of the molecule is CCN1C(=O)/C(=C(\C=C2/Sc3cc(OC)ccc3N2CC)c2ccccc2)SC1=Nc1ccc(Cl)cc1. The lowest BCUT2D eigenvalue weighted by Crippen LogP contribution is -2.28. The molecule has 2 aliphatic rings. The van der Waals surface area contributed by atoms with Crippen molar-refractivity contribution < 1.29 is 9.53 Å². The minimum absolute atomic E-state index is 0.0406. The topological polar surface area (TPSA) is 45.1 Å². The minimum atomic E-state index is -0.0406. The molecular weight excluding hydrogens is 522 g/mol. The number of aliphatic imine (C=N–C) groups is 1. The molecule has 5 rings (SSSR count). The summed E-state index contributed by atoms with van der Waals surface area (Å²) in [6.07, 6.45) is 2.13. The lowest BCUT2D eigenvalue weighted by Gasteiger charge is -2.19. The molecular formula is C29H26ClN3O2S2. The summed E-state index contributed by atoms with van der Waals surface area (Å²) in [7, 11) is 1.68. The fourth-order valence-corrected chi connectivity index (χ4v) is 6.69. The Bertz CT molecular complexity index is 1420. The maximum Gasteiger partial charge on any atom is 0.267 e. The third-order valence-electron chi connectivity index (χ3n) is 6.08. The van der Waals surface area contributed by atoms with Gasteiger partial charge in [-0.25, -0.2) is 4.99 Å². The van der Waals surface area contributed by atoms with Gasteiger partial charge in [0.1, 0.15) is 5.75 Å². The van der Waals surface area contributed by atoms with Crippen LogP contribution in [0.1, 0.15) is 19.4 Å². The fourth-order valence-electron chi connectivity index (χ4n) is 4.23. The first-order chi connectivity index (χ1) is 18.0.